The SMILES string of the molecule is Cn1ccc(-c2nnc(-c3ccn(C)n3)nn2)n1. The summed E-state index contributed by atoms with van der Waals surface area (Å²) in [5.41, 5.74) is 1.29. The predicted molar refractivity (Wildman–Crippen MR) is 62.0 cm³/mol. The lowest BCUT2D eigenvalue weighted by Crippen LogP contribution is -2.01. The number of hydrogen-bond donors (Lipinski definition) is 0. The van der Waals surface area contributed by atoms with Gasteiger partial charge in [-0.1, -0.05) is 0 Å². The molecule has 0 aliphatic heterocycles. The molecule has 3 heterocycles. The molecule has 0 aliphatic carbocycles. The molecule has 0 saturated heterocycles. The molecule has 8 nitrogen and oxygen atoms in total. The van der Waals surface area contributed by atoms with Crippen LogP contribution in [-0.2, 0) is 14.1 Å². The van der Waals surface area contributed by atoms with Gasteiger partial charge in [-0.25, -0.2) is 0 Å². The molecule has 3 aromatic heterocycles. The van der Waals surface area contributed by atoms with E-state index in [9.17, 15) is 0 Å². The van der Waals surface area contributed by atoms with Crippen molar-refractivity contribution in [2.24, 2.45) is 14.1 Å². The standard InChI is InChI=1S/C10H10N8/c1-17-5-3-7(15-17)9-11-13-10(14-12-9)8-4-6-18(2)16-8/h3-6H,1-2H3. The van der Waals surface area contributed by atoms with Crippen molar-refractivity contribution in [3.05, 3.63) is 24.5 Å². The average Bonchev–Trinajstić information content (AvgIpc) is 2.98. The fourth-order valence-electron chi connectivity index (χ4n) is 1.50. The zero-order chi connectivity index (χ0) is 12.5. The second kappa shape index (κ2) is 3.99. The van der Waals surface area contributed by atoms with Crippen LogP contribution < -0.4 is 0 Å². The van der Waals surface area contributed by atoms with E-state index in [1.165, 1.54) is 0 Å². The molecule has 0 fully saturated rings. The summed E-state index contributed by atoms with van der Waals surface area (Å²) in [6, 6.07) is 3.61. The van der Waals surface area contributed by atoms with Crippen molar-refractivity contribution in [3.63, 3.8) is 0 Å². The first-order chi connectivity index (χ1) is 8.72. The molecule has 18 heavy (non-hydrogen) atoms. The Balaban J connectivity index is 1.94. The maximum absolute atomic E-state index is 4.18. The number of rotatable bonds is 2. The van der Waals surface area contributed by atoms with Gasteiger partial charge in [0, 0.05) is 26.5 Å². The quantitative estimate of drug-likeness (QED) is 0.631. The van der Waals surface area contributed by atoms with E-state index in [1.807, 2.05) is 26.5 Å². The Labute approximate surface area is 102 Å². The topological polar surface area (TPSA) is 87.2 Å². The Morgan fingerprint density at radius 3 is 1.39 bits per heavy atom. The van der Waals surface area contributed by atoms with Crippen LogP contribution in [0.2, 0.25) is 0 Å². The van der Waals surface area contributed by atoms with Crippen LogP contribution in [0.3, 0.4) is 0 Å². The van der Waals surface area contributed by atoms with E-state index < -0.39 is 0 Å². The van der Waals surface area contributed by atoms with E-state index in [2.05, 4.69) is 30.6 Å². The highest BCUT2D eigenvalue weighted by atomic mass is 15.3. The number of aromatic nitrogens is 8. The van der Waals surface area contributed by atoms with Gasteiger partial charge in [0.1, 0.15) is 11.4 Å². The summed E-state index contributed by atoms with van der Waals surface area (Å²) in [7, 11) is 3.65. The smallest absolute Gasteiger partial charge is 0.223 e. The zero-order valence-electron chi connectivity index (χ0n) is 9.89. The van der Waals surface area contributed by atoms with E-state index in [0.717, 1.165) is 0 Å². The largest absolute Gasteiger partial charge is 0.275 e. The fourth-order valence-corrected chi connectivity index (χ4v) is 1.50. The Kier molecular flexibility index (Phi) is 2.33. The van der Waals surface area contributed by atoms with Gasteiger partial charge in [-0.05, 0) is 12.1 Å². The molecule has 0 atom stereocenters. The number of nitrogens with zero attached hydrogens (tertiary/aromatic N) is 8. The molecule has 0 unspecified atom stereocenters. The third-order valence-corrected chi connectivity index (χ3v) is 2.36. The van der Waals surface area contributed by atoms with Crippen molar-refractivity contribution in [1.82, 2.24) is 40.0 Å². The average molecular weight is 242 g/mol. The molecule has 3 aromatic rings. The second-order valence-electron chi connectivity index (χ2n) is 3.80. The third kappa shape index (κ3) is 1.83. The monoisotopic (exact) mass is 242 g/mol. The predicted octanol–water partition coefficient (Wildman–Crippen LogP) is 0.0676. The molecule has 0 radical (unpaired) electrons. The summed E-state index contributed by atoms with van der Waals surface area (Å²) in [6.07, 6.45) is 3.62. The van der Waals surface area contributed by atoms with E-state index >= 15 is 0 Å². The molecule has 0 spiro atoms. The maximum atomic E-state index is 4.18. The Morgan fingerprint density at radius 2 is 1.11 bits per heavy atom. The fraction of sp³-hybridized carbons (Fsp3) is 0.200. The van der Waals surface area contributed by atoms with Crippen LogP contribution in [0.5, 0.6) is 0 Å². The van der Waals surface area contributed by atoms with E-state index in [-0.39, 0.29) is 0 Å². The van der Waals surface area contributed by atoms with Crippen LogP contribution in [0.15, 0.2) is 24.5 Å². The molecule has 0 bridgehead atoms. The second-order valence-corrected chi connectivity index (χ2v) is 3.80. The lowest BCUT2D eigenvalue weighted by Gasteiger charge is -1.95. The van der Waals surface area contributed by atoms with Crippen LogP contribution in [0.4, 0.5) is 0 Å². The summed E-state index contributed by atoms with van der Waals surface area (Å²) < 4.78 is 3.34. The normalized spacial score (nSPS) is 10.8. The van der Waals surface area contributed by atoms with Gasteiger partial charge in [0.2, 0.25) is 11.6 Å². The summed E-state index contributed by atoms with van der Waals surface area (Å²) >= 11 is 0. The van der Waals surface area contributed by atoms with Crippen LogP contribution in [0, 0.1) is 0 Å². The third-order valence-electron chi connectivity index (χ3n) is 2.36. The van der Waals surface area contributed by atoms with Crippen LogP contribution in [0.25, 0.3) is 23.0 Å². The van der Waals surface area contributed by atoms with Crippen LogP contribution >= 0.6 is 0 Å². The minimum Gasteiger partial charge on any atom is -0.275 e. The molecule has 0 amide bonds. The maximum Gasteiger partial charge on any atom is 0.223 e. The first-order valence-corrected chi connectivity index (χ1v) is 5.30. The molecule has 0 saturated carbocycles. The minimum absolute atomic E-state index is 0.398. The van der Waals surface area contributed by atoms with Crippen molar-refractivity contribution >= 4 is 0 Å². The zero-order valence-corrected chi connectivity index (χ0v) is 9.89. The molecule has 8 heteroatoms. The van der Waals surface area contributed by atoms with Gasteiger partial charge in [0.25, 0.3) is 0 Å². The first kappa shape index (κ1) is 10.5. The summed E-state index contributed by atoms with van der Waals surface area (Å²) in [5.74, 6) is 0.797. The molecule has 3 rings (SSSR count). The van der Waals surface area contributed by atoms with Crippen molar-refractivity contribution in [1.29, 1.82) is 0 Å². The summed E-state index contributed by atoms with van der Waals surface area (Å²) in [6.45, 7) is 0. The van der Waals surface area contributed by atoms with Crippen LogP contribution in [0.1, 0.15) is 0 Å². The minimum atomic E-state index is 0.398. The van der Waals surface area contributed by atoms with Gasteiger partial charge in [-0.15, -0.1) is 20.4 Å². The lowest BCUT2D eigenvalue weighted by molar-refractivity contribution is 0.757. The molecule has 0 N–H and O–H groups in total. The Morgan fingerprint density at radius 1 is 0.722 bits per heavy atom. The highest BCUT2D eigenvalue weighted by Gasteiger charge is 2.09. The lowest BCUT2D eigenvalue weighted by atomic mass is 10.4. The summed E-state index contributed by atoms with van der Waals surface area (Å²) in [5, 5.41) is 24.4. The molecular weight excluding hydrogens is 232 g/mol. The Hall–Kier alpha value is -2.64. The van der Waals surface area contributed by atoms with Crippen molar-refractivity contribution < 1.29 is 0 Å². The highest BCUT2D eigenvalue weighted by Crippen LogP contribution is 2.12. The van der Waals surface area contributed by atoms with Gasteiger partial charge in [0.15, 0.2) is 0 Å². The Bertz CT molecular complexity index is 606. The van der Waals surface area contributed by atoms with Crippen molar-refractivity contribution in [3.8, 4) is 23.0 Å². The molecule has 90 valence electrons. The van der Waals surface area contributed by atoms with Gasteiger partial charge < -0.3 is 0 Å². The number of hydrogen-bond acceptors (Lipinski definition) is 6. The van der Waals surface area contributed by atoms with Crippen molar-refractivity contribution in [2.75, 3.05) is 0 Å². The molecule has 0 aromatic carbocycles. The van der Waals surface area contributed by atoms with Crippen LogP contribution in [-0.4, -0.2) is 40.0 Å². The van der Waals surface area contributed by atoms with E-state index in [1.54, 1.807) is 21.5 Å². The number of aryl methyl sites for hydroxylation is 2. The van der Waals surface area contributed by atoms with E-state index in [4.69, 9.17) is 0 Å². The van der Waals surface area contributed by atoms with Crippen molar-refractivity contribution in [2.45, 2.75) is 0 Å². The molecule has 0 aliphatic rings. The van der Waals surface area contributed by atoms with Gasteiger partial charge >= 0.3 is 0 Å². The summed E-state index contributed by atoms with van der Waals surface area (Å²) in [4.78, 5) is 0. The van der Waals surface area contributed by atoms with Gasteiger partial charge in [0.05, 0.1) is 0 Å². The first-order valence-electron chi connectivity index (χ1n) is 5.30. The van der Waals surface area contributed by atoms with Gasteiger partial charge in [-0.2, -0.15) is 10.2 Å². The van der Waals surface area contributed by atoms with E-state index in [0.29, 0.717) is 23.0 Å². The van der Waals surface area contributed by atoms with Gasteiger partial charge in [-0.3, -0.25) is 9.36 Å². The molecular formula is C10H10N8. The highest BCUT2D eigenvalue weighted by molar-refractivity contribution is 5.49.